The maximum Gasteiger partial charge on any atom is 0.274 e. The zero-order valence-electron chi connectivity index (χ0n) is 18.9. The molecule has 1 fully saturated rings. The van der Waals surface area contributed by atoms with E-state index in [1.54, 1.807) is 6.20 Å². The monoisotopic (exact) mass is 476 g/mol. The van der Waals surface area contributed by atoms with E-state index in [9.17, 15) is 9.59 Å². The van der Waals surface area contributed by atoms with Crippen LogP contribution in [0.5, 0.6) is 0 Å². The van der Waals surface area contributed by atoms with E-state index in [1.165, 1.54) is 5.56 Å². The van der Waals surface area contributed by atoms with Crippen molar-refractivity contribution in [3.63, 3.8) is 0 Å². The number of aryl methyl sites for hydroxylation is 1. The number of carbonyl (C=O) groups excluding carboxylic acids is 1. The highest BCUT2D eigenvalue weighted by molar-refractivity contribution is 6.30. The molecular weight excluding hydrogens is 452 g/mol. The van der Waals surface area contributed by atoms with Gasteiger partial charge in [0.05, 0.1) is 17.2 Å². The number of fused-ring (bicyclic) bond motifs is 4. The Morgan fingerprint density at radius 3 is 2.79 bits per heavy atom. The Kier molecular flexibility index (Phi) is 5.19. The minimum absolute atomic E-state index is 0.0313. The summed E-state index contributed by atoms with van der Waals surface area (Å²) in [5.74, 6) is 1.10. The lowest BCUT2D eigenvalue weighted by atomic mass is 9.98. The highest BCUT2D eigenvalue weighted by Crippen LogP contribution is 2.30. The number of hydrogen-bond acceptors (Lipinski definition) is 4. The number of benzene rings is 2. The molecule has 1 amide bonds. The molecule has 0 radical (unpaired) electrons. The first-order chi connectivity index (χ1) is 16.5. The summed E-state index contributed by atoms with van der Waals surface area (Å²) in [4.78, 5) is 35.9. The van der Waals surface area contributed by atoms with E-state index in [4.69, 9.17) is 16.3 Å². The van der Waals surface area contributed by atoms with E-state index in [0.717, 1.165) is 46.8 Å². The van der Waals surface area contributed by atoms with Gasteiger partial charge in [-0.15, -0.1) is 0 Å². The number of aromatic nitrogens is 3. The molecule has 1 saturated heterocycles. The van der Waals surface area contributed by atoms with Crippen molar-refractivity contribution in [3.8, 4) is 0 Å². The van der Waals surface area contributed by atoms with E-state index in [2.05, 4.69) is 9.97 Å². The molecule has 4 heterocycles. The van der Waals surface area contributed by atoms with Crippen LogP contribution in [0.2, 0.25) is 5.02 Å². The van der Waals surface area contributed by atoms with Gasteiger partial charge in [-0.25, -0.2) is 4.98 Å². The van der Waals surface area contributed by atoms with Crippen molar-refractivity contribution in [2.75, 3.05) is 19.8 Å². The quantitative estimate of drug-likeness (QED) is 0.469. The number of H-pyrrole nitrogens is 1. The molecule has 34 heavy (non-hydrogen) atoms. The van der Waals surface area contributed by atoms with Crippen molar-refractivity contribution in [1.29, 1.82) is 0 Å². The summed E-state index contributed by atoms with van der Waals surface area (Å²) in [5.41, 5.74) is 5.62. The summed E-state index contributed by atoms with van der Waals surface area (Å²) in [6.45, 7) is 4.53. The minimum atomic E-state index is -0.204. The molecule has 8 heteroatoms. The second kappa shape index (κ2) is 8.25. The number of nitrogens with zero attached hydrogens (tertiary/aromatic N) is 3. The van der Waals surface area contributed by atoms with Gasteiger partial charge in [-0.2, -0.15) is 0 Å². The van der Waals surface area contributed by atoms with E-state index in [0.29, 0.717) is 42.9 Å². The predicted octanol–water partition coefficient (Wildman–Crippen LogP) is 4.23. The average molecular weight is 477 g/mol. The summed E-state index contributed by atoms with van der Waals surface area (Å²) < 4.78 is 7.48. The van der Waals surface area contributed by atoms with Crippen molar-refractivity contribution in [3.05, 3.63) is 80.0 Å². The van der Waals surface area contributed by atoms with Gasteiger partial charge in [0.25, 0.3) is 11.5 Å². The van der Waals surface area contributed by atoms with Crippen LogP contribution in [-0.2, 0) is 17.7 Å². The summed E-state index contributed by atoms with van der Waals surface area (Å²) in [5, 5.41) is 0.721. The van der Waals surface area contributed by atoms with E-state index < -0.39 is 0 Å². The molecule has 2 aliphatic rings. The number of carbonyl (C=O) groups is 1. The molecule has 2 aliphatic heterocycles. The van der Waals surface area contributed by atoms with Gasteiger partial charge < -0.3 is 14.6 Å². The van der Waals surface area contributed by atoms with Crippen LogP contribution in [0.3, 0.4) is 0 Å². The van der Waals surface area contributed by atoms with Crippen LogP contribution in [-0.4, -0.2) is 44.9 Å². The fourth-order valence-electron chi connectivity index (χ4n) is 5.28. The first-order valence-electron chi connectivity index (χ1n) is 11.7. The van der Waals surface area contributed by atoms with Crippen LogP contribution in [0.4, 0.5) is 0 Å². The molecule has 0 saturated carbocycles. The number of halogens is 1. The van der Waals surface area contributed by atoms with Gasteiger partial charge in [-0.05, 0) is 67.1 Å². The Labute approximate surface area is 201 Å². The maximum atomic E-state index is 13.5. The first kappa shape index (κ1) is 21.4. The molecule has 4 aromatic rings. The standard InChI is InChI=1S/C26H25ClN4O3/c1-15-10-22-21(29-25(32)23-13-28-24(31(22)23)16-5-8-34-9-6-16)12-20(15)26(33)30-7-4-17-11-19(27)3-2-18(17)14-30/h2-3,10-13,16H,4-9,14H2,1H3,(H,29,32). The maximum absolute atomic E-state index is 13.5. The Bertz CT molecular complexity index is 1500. The molecule has 0 unspecified atom stereocenters. The number of nitrogens with one attached hydrogen (secondary N) is 1. The number of hydrogen-bond donors (Lipinski definition) is 1. The highest BCUT2D eigenvalue weighted by Gasteiger charge is 2.26. The number of rotatable bonds is 2. The summed E-state index contributed by atoms with van der Waals surface area (Å²) in [6.07, 6.45) is 4.18. The number of amides is 1. The lowest BCUT2D eigenvalue weighted by molar-refractivity contribution is 0.0734. The number of ether oxygens (including phenoxy) is 1. The van der Waals surface area contributed by atoms with Gasteiger partial charge in [0, 0.05) is 42.8 Å². The first-order valence-corrected chi connectivity index (χ1v) is 12.1. The van der Waals surface area contributed by atoms with E-state index >= 15 is 0 Å². The summed E-state index contributed by atoms with van der Waals surface area (Å²) >= 11 is 6.13. The Morgan fingerprint density at radius 2 is 1.97 bits per heavy atom. The minimum Gasteiger partial charge on any atom is -0.381 e. The molecule has 6 rings (SSSR count). The predicted molar refractivity (Wildman–Crippen MR) is 131 cm³/mol. The Balaban J connectivity index is 1.41. The zero-order chi connectivity index (χ0) is 23.4. The van der Waals surface area contributed by atoms with Crippen molar-refractivity contribution >= 4 is 34.1 Å². The number of aromatic amines is 1. The second-order valence-electron chi connectivity index (χ2n) is 9.25. The van der Waals surface area contributed by atoms with Crippen LogP contribution in [0.1, 0.15) is 51.6 Å². The summed E-state index contributed by atoms with van der Waals surface area (Å²) in [6, 6.07) is 9.66. The SMILES string of the molecule is Cc1cc2c(cc1C(=O)N1CCc3cc(Cl)ccc3C1)[nH]c(=O)c1cnc(C3CCOCC3)n12. The van der Waals surface area contributed by atoms with Crippen LogP contribution < -0.4 is 5.56 Å². The topological polar surface area (TPSA) is 79.7 Å². The molecule has 0 spiro atoms. The summed E-state index contributed by atoms with van der Waals surface area (Å²) in [7, 11) is 0. The molecule has 2 aromatic heterocycles. The van der Waals surface area contributed by atoms with Crippen LogP contribution in [0, 0.1) is 6.92 Å². The molecule has 7 nitrogen and oxygen atoms in total. The third-order valence-corrected chi connectivity index (χ3v) is 7.37. The van der Waals surface area contributed by atoms with Crippen molar-refractivity contribution in [2.24, 2.45) is 0 Å². The largest absolute Gasteiger partial charge is 0.381 e. The van der Waals surface area contributed by atoms with Gasteiger partial charge in [-0.3, -0.25) is 14.0 Å². The zero-order valence-corrected chi connectivity index (χ0v) is 19.7. The lowest BCUT2D eigenvalue weighted by Gasteiger charge is -2.29. The highest BCUT2D eigenvalue weighted by atomic mass is 35.5. The fourth-order valence-corrected chi connectivity index (χ4v) is 5.48. The smallest absolute Gasteiger partial charge is 0.274 e. The Morgan fingerprint density at radius 1 is 1.15 bits per heavy atom. The molecule has 0 atom stereocenters. The second-order valence-corrected chi connectivity index (χ2v) is 9.69. The normalized spacial score (nSPS) is 16.8. The fraction of sp³-hybridized carbons (Fsp3) is 0.346. The van der Waals surface area contributed by atoms with Gasteiger partial charge in [0.15, 0.2) is 0 Å². The van der Waals surface area contributed by atoms with E-state index in [1.807, 2.05) is 46.6 Å². The average Bonchev–Trinajstić information content (AvgIpc) is 3.30. The van der Waals surface area contributed by atoms with Gasteiger partial charge in [-0.1, -0.05) is 17.7 Å². The Hall–Kier alpha value is -3.16. The lowest BCUT2D eigenvalue weighted by Crippen LogP contribution is -2.36. The molecule has 174 valence electrons. The van der Waals surface area contributed by atoms with Crippen molar-refractivity contribution in [2.45, 2.75) is 38.6 Å². The molecule has 0 bridgehead atoms. The third-order valence-electron chi connectivity index (χ3n) is 7.14. The number of imidazole rings is 1. The third kappa shape index (κ3) is 3.51. The van der Waals surface area contributed by atoms with E-state index in [-0.39, 0.29) is 17.4 Å². The van der Waals surface area contributed by atoms with Gasteiger partial charge in [0.2, 0.25) is 0 Å². The van der Waals surface area contributed by atoms with Gasteiger partial charge in [0.1, 0.15) is 11.3 Å². The van der Waals surface area contributed by atoms with Crippen LogP contribution in [0.15, 0.2) is 41.3 Å². The molecule has 0 aliphatic carbocycles. The molecule has 1 N–H and O–H groups in total. The van der Waals surface area contributed by atoms with Gasteiger partial charge >= 0.3 is 0 Å². The van der Waals surface area contributed by atoms with Crippen LogP contribution >= 0.6 is 11.6 Å². The molecular formula is C26H25ClN4O3. The molecule has 2 aromatic carbocycles. The van der Waals surface area contributed by atoms with Crippen LogP contribution in [0.25, 0.3) is 16.6 Å². The van der Waals surface area contributed by atoms with Crippen molar-refractivity contribution < 1.29 is 9.53 Å². The van der Waals surface area contributed by atoms with Crippen molar-refractivity contribution in [1.82, 2.24) is 19.3 Å².